The van der Waals surface area contributed by atoms with Gasteiger partial charge in [0.1, 0.15) is 17.8 Å². The number of anilines is 1. The quantitative estimate of drug-likeness (QED) is 0.887. The van der Waals surface area contributed by atoms with Crippen LogP contribution in [0.25, 0.3) is 0 Å². The normalized spacial score (nSPS) is 19.9. The Morgan fingerprint density at radius 3 is 2.70 bits per heavy atom. The summed E-state index contributed by atoms with van der Waals surface area (Å²) in [5, 5.41) is 0. The van der Waals surface area contributed by atoms with Crippen molar-refractivity contribution < 1.29 is 9.59 Å². The summed E-state index contributed by atoms with van der Waals surface area (Å²) in [5.41, 5.74) is 5.51. The maximum absolute atomic E-state index is 11.9. The van der Waals surface area contributed by atoms with Crippen molar-refractivity contribution in [3.8, 4) is 0 Å². The number of primary amides is 1. The monoisotopic (exact) mass is 317 g/mol. The van der Waals surface area contributed by atoms with Gasteiger partial charge in [0.25, 0.3) is 5.91 Å². The number of nitrogens with zero attached hydrogens (tertiary/aromatic N) is 4. The van der Waals surface area contributed by atoms with Crippen LogP contribution in [-0.4, -0.2) is 52.9 Å². The van der Waals surface area contributed by atoms with Crippen molar-refractivity contribution in [2.75, 3.05) is 31.1 Å². The van der Waals surface area contributed by atoms with Crippen molar-refractivity contribution in [2.45, 2.75) is 32.1 Å². The van der Waals surface area contributed by atoms with Crippen molar-refractivity contribution in [3.63, 3.8) is 0 Å². The molecule has 0 unspecified atom stereocenters. The molecule has 7 nitrogen and oxygen atoms in total. The van der Waals surface area contributed by atoms with E-state index in [0.29, 0.717) is 18.2 Å². The fourth-order valence-electron chi connectivity index (χ4n) is 3.37. The molecular formula is C16H23N5O2. The van der Waals surface area contributed by atoms with Crippen LogP contribution in [0, 0.1) is 5.92 Å². The average molecular weight is 317 g/mol. The standard InChI is InChI=1S/C16H23N5O2/c17-16(23)13-9-14(19-11-18-13)20-7-4-12(5-8-20)10-21-6-2-1-3-15(21)22/h9,11-12H,1-8,10H2,(H2,17,23). The van der Waals surface area contributed by atoms with E-state index in [2.05, 4.69) is 14.9 Å². The third-order valence-electron chi connectivity index (χ3n) is 4.74. The first-order chi connectivity index (χ1) is 11.1. The van der Waals surface area contributed by atoms with Gasteiger partial charge in [0.15, 0.2) is 0 Å². The zero-order valence-corrected chi connectivity index (χ0v) is 13.3. The van der Waals surface area contributed by atoms with Crippen LogP contribution in [0.4, 0.5) is 5.82 Å². The van der Waals surface area contributed by atoms with Gasteiger partial charge in [0, 0.05) is 38.7 Å². The number of carbonyl (C=O) groups is 2. The molecule has 0 bridgehead atoms. The summed E-state index contributed by atoms with van der Waals surface area (Å²) >= 11 is 0. The molecule has 7 heteroatoms. The van der Waals surface area contributed by atoms with Crippen molar-refractivity contribution in [3.05, 3.63) is 18.1 Å². The Bertz CT molecular complexity index is 584. The minimum atomic E-state index is -0.535. The van der Waals surface area contributed by atoms with E-state index in [1.165, 1.54) is 6.33 Å². The number of piperidine rings is 2. The molecule has 23 heavy (non-hydrogen) atoms. The van der Waals surface area contributed by atoms with Gasteiger partial charge in [0.05, 0.1) is 0 Å². The van der Waals surface area contributed by atoms with Gasteiger partial charge in [-0.3, -0.25) is 9.59 Å². The second-order valence-electron chi connectivity index (χ2n) is 6.35. The maximum atomic E-state index is 11.9. The van der Waals surface area contributed by atoms with Crippen LogP contribution in [0.5, 0.6) is 0 Å². The number of amides is 2. The molecule has 3 rings (SSSR count). The lowest BCUT2D eigenvalue weighted by atomic mass is 9.95. The van der Waals surface area contributed by atoms with E-state index in [-0.39, 0.29) is 5.69 Å². The first kappa shape index (κ1) is 15.7. The Hall–Kier alpha value is -2.18. The number of hydrogen-bond acceptors (Lipinski definition) is 5. The van der Waals surface area contributed by atoms with Gasteiger partial charge >= 0.3 is 0 Å². The molecule has 2 fully saturated rings. The minimum Gasteiger partial charge on any atom is -0.364 e. The van der Waals surface area contributed by atoms with Crippen LogP contribution < -0.4 is 10.6 Å². The lowest BCUT2D eigenvalue weighted by Gasteiger charge is -2.36. The molecule has 2 N–H and O–H groups in total. The molecular weight excluding hydrogens is 294 g/mol. The van der Waals surface area contributed by atoms with Crippen LogP contribution in [0.3, 0.4) is 0 Å². The van der Waals surface area contributed by atoms with Gasteiger partial charge in [-0.05, 0) is 31.6 Å². The predicted octanol–water partition coefficient (Wildman–Crippen LogP) is 0.804. The highest BCUT2D eigenvalue weighted by atomic mass is 16.2. The van der Waals surface area contributed by atoms with Gasteiger partial charge in [0.2, 0.25) is 5.91 Å². The molecule has 0 aromatic carbocycles. The molecule has 2 aliphatic rings. The largest absolute Gasteiger partial charge is 0.364 e. The maximum Gasteiger partial charge on any atom is 0.267 e. The fraction of sp³-hybridized carbons (Fsp3) is 0.625. The molecule has 2 amide bonds. The summed E-state index contributed by atoms with van der Waals surface area (Å²) in [4.78, 5) is 35.4. The topological polar surface area (TPSA) is 92.4 Å². The fourth-order valence-corrected chi connectivity index (χ4v) is 3.37. The second-order valence-corrected chi connectivity index (χ2v) is 6.35. The lowest BCUT2D eigenvalue weighted by molar-refractivity contribution is -0.134. The van der Waals surface area contributed by atoms with Crippen molar-refractivity contribution in [1.82, 2.24) is 14.9 Å². The van der Waals surface area contributed by atoms with E-state index in [1.54, 1.807) is 6.07 Å². The van der Waals surface area contributed by atoms with Crippen LogP contribution in [-0.2, 0) is 4.79 Å². The molecule has 0 saturated carbocycles. The Labute approximate surface area is 135 Å². The zero-order valence-electron chi connectivity index (χ0n) is 13.3. The Morgan fingerprint density at radius 2 is 2.00 bits per heavy atom. The molecule has 2 aliphatic heterocycles. The van der Waals surface area contributed by atoms with E-state index in [4.69, 9.17) is 5.73 Å². The summed E-state index contributed by atoms with van der Waals surface area (Å²) in [6, 6.07) is 1.65. The number of rotatable bonds is 4. The highest BCUT2D eigenvalue weighted by Gasteiger charge is 2.25. The lowest BCUT2D eigenvalue weighted by Crippen LogP contribution is -2.43. The highest BCUT2D eigenvalue weighted by molar-refractivity contribution is 5.91. The Morgan fingerprint density at radius 1 is 1.22 bits per heavy atom. The van der Waals surface area contributed by atoms with E-state index < -0.39 is 5.91 Å². The summed E-state index contributed by atoms with van der Waals surface area (Å²) in [5.74, 6) is 1.07. The number of aromatic nitrogens is 2. The Kier molecular flexibility index (Phi) is 4.73. The molecule has 0 spiro atoms. The van der Waals surface area contributed by atoms with Crippen molar-refractivity contribution in [1.29, 1.82) is 0 Å². The number of carbonyl (C=O) groups excluding carboxylic acids is 2. The van der Waals surface area contributed by atoms with Gasteiger partial charge in [-0.2, -0.15) is 0 Å². The van der Waals surface area contributed by atoms with Crippen molar-refractivity contribution in [2.24, 2.45) is 11.7 Å². The number of hydrogen-bond donors (Lipinski definition) is 1. The van der Waals surface area contributed by atoms with Gasteiger partial charge in [-0.25, -0.2) is 9.97 Å². The average Bonchev–Trinajstić information content (AvgIpc) is 2.58. The van der Waals surface area contributed by atoms with Gasteiger partial charge in [-0.15, -0.1) is 0 Å². The van der Waals surface area contributed by atoms with E-state index in [0.717, 1.165) is 57.7 Å². The SMILES string of the molecule is NC(=O)c1cc(N2CCC(CN3CCCCC3=O)CC2)ncn1. The smallest absolute Gasteiger partial charge is 0.267 e. The van der Waals surface area contributed by atoms with Crippen LogP contribution in [0.2, 0.25) is 0 Å². The zero-order chi connectivity index (χ0) is 16.2. The van der Waals surface area contributed by atoms with Gasteiger partial charge < -0.3 is 15.5 Å². The molecule has 1 aromatic rings. The van der Waals surface area contributed by atoms with Crippen LogP contribution >= 0.6 is 0 Å². The first-order valence-corrected chi connectivity index (χ1v) is 8.28. The summed E-state index contributed by atoms with van der Waals surface area (Å²) < 4.78 is 0. The van der Waals surface area contributed by atoms with Crippen LogP contribution in [0.1, 0.15) is 42.6 Å². The minimum absolute atomic E-state index is 0.246. The first-order valence-electron chi connectivity index (χ1n) is 8.28. The molecule has 3 heterocycles. The van der Waals surface area contributed by atoms with Gasteiger partial charge in [-0.1, -0.05) is 0 Å². The highest BCUT2D eigenvalue weighted by Crippen LogP contribution is 2.24. The third-order valence-corrected chi connectivity index (χ3v) is 4.74. The van der Waals surface area contributed by atoms with Crippen molar-refractivity contribution >= 4 is 17.6 Å². The summed E-state index contributed by atoms with van der Waals surface area (Å²) in [7, 11) is 0. The summed E-state index contributed by atoms with van der Waals surface area (Å²) in [6.07, 6.45) is 6.30. The number of likely N-dealkylation sites (tertiary alicyclic amines) is 1. The third kappa shape index (κ3) is 3.78. The van der Waals surface area contributed by atoms with E-state index >= 15 is 0 Å². The molecule has 0 radical (unpaired) electrons. The Balaban J connectivity index is 1.55. The number of nitrogens with two attached hydrogens (primary N) is 1. The van der Waals surface area contributed by atoms with E-state index in [9.17, 15) is 9.59 Å². The molecule has 0 atom stereocenters. The second kappa shape index (κ2) is 6.93. The molecule has 124 valence electrons. The predicted molar refractivity (Wildman–Crippen MR) is 85.9 cm³/mol. The molecule has 0 aliphatic carbocycles. The molecule has 2 saturated heterocycles. The van der Waals surface area contributed by atoms with E-state index in [1.807, 2.05) is 4.90 Å². The molecule has 1 aromatic heterocycles. The summed E-state index contributed by atoms with van der Waals surface area (Å²) in [6.45, 7) is 3.54. The van der Waals surface area contributed by atoms with Crippen LogP contribution in [0.15, 0.2) is 12.4 Å².